The number of para-hydroxylation sites is 1. The SMILES string of the molecule is C=C(/N=C(\ON)c1ccc(OC(C)C)c(Cl)c1)c1cccc2c(CCNCC(=O)OCC)c[nH]c12. The highest BCUT2D eigenvalue weighted by atomic mass is 35.5. The van der Waals surface area contributed by atoms with Crippen LogP contribution in [0.5, 0.6) is 5.75 Å². The lowest BCUT2D eigenvalue weighted by atomic mass is 10.1. The summed E-state index contributed by atoms with van der Waals surface area (Å²) in [6.07, 6.45) is 2.68. The molecule has 0 radical (unpaired) electrons. The van der Waals surface area contributed by atoms with Gasteiger partial charge < -0.3 is 24.6 Å². The molecular formula is C26H31ClN4O4. The van der Waals surface area contributed by atoms with Gasteiger partial charge in [-0.25, -0.2) is 4.99 Å². The average molecular weight is 499 g/mol. The first kappa shape index (κ1) is 26.3. The van der Waals surface area contributed by atoms with Gasteiger partial charge in [0.2, 0.25) is 5.90 Å². The van der Waals surface area contributed by atoms with Crippen LogP contribution in [0.1, 0.15) is 37.5 Å². The number of carbonyl (C=O) groups excluding carboxylic acids is 1. The lowest BCUT2D eigenvalue weighted by Crippen LogP contribution is -2.26. The maximum atomic E-state index is 11.5. The van der Waals surface area contributed by atoms with E-state index in [9.17, 15) is 4.79 Å². The number of rotatable bonds is 11. The van der Waals surface area contributed by atoms with Crippen molar-refractivity contribution in [1.82, 2.24) is 10.3 Å². The number of H-pyrrole nitrogens is 1. The van der Waals surface area contributed by atoms with Crippen LogP contribution in [-0.2, 0) is 20.8 Å². The van der Waals surface area contributed by atoms with Crippen LogP contribution in [0.3, 0.4) is 0 Å². The summed E-state index contributed by atoms with van der Waals surface area (Å²) < 4.78 is 10.6. The van der Waals surface area contributed by atoms with E-state index in [2.05, 4.69) is 21.9 Å². The van der Waals surface area contributed by atoms with E-state index in [1.165, 1.54) is 0 Å². The highest BCUT2D eigenvalue weighted by Gasteiger charge is 2.14. The Kier molecular flexibility index (Phi) is 9.31. The molecule has 0 atom stereocenters. The van der Waals surface area contributed by atoms with Crippen LogP contribution in [0.25, 0.3) is 16.6 Å². The first-order chi connectivity index (χ1) is 16.8. The third-order valence-electron chi connectivity index (χ3n) is 5.15. The number of ether oxygens (including phenoxy) is 2. The Morgan fingerprint density at radius 2 is 2.09 bits per heavy atom. The van der Waals surface area contributed by atoms with Gasteiger partial charge in [-0.1, -0.05) is 36.4 Å². The summed E-state index contributed by atoms with van der Waals surface area (Å²) in [5.74, 6) is 6.02. The summed E-state index contributed by atoms with van der Waals surface area (Å²) in [7, 11) is 0. The Hall–Kier alpha value is -3.33. The largest absolute Gasteiger partial charge is 0.489 e. The molecule has 186 valence electrons. The zero-order valence-electron chi connectivity index (χ0n) is 20.2. The highest BCUT2D eigenvalue weighted by Crippen LogP contribution is 2.29. The summed E-state index contributed by atoms with van der Waals surface area (Å²) in [4.78, 5) is 24.4. The molecule has 0 saturated carbocycles. The predicted molar refractivity (Wildman–Crippen MR) is 140 cm³/mol. The van der Waals surface area contributed by atoms with Gasteiger partial charge in [-0.2, -0.15) is 5.90 Å². The van der Waals surface area contributed by atoms with Crippen molar-refractivity contribution in [3.05, 3.63) is 70.9 Å². The maximum Gasteiger partial charge on any atom is 0.319 e. The lowest BCUT2D eigenvalue weighted by molar-refractivity contribution is -0.141. The first-order valence-electron chi connectivity index (χ1n) is 11.4. The van der Waals surface area contributed by atoms with Crippen molar-refractivity contribution in [3.8, 4) is 5.75 Å². The number of hydrogen-bond donors (Lipinski definition) is 3. The minimum Gasteiger partial charge on any atom is -0.489 e. The fourth-order valence-corrected chi connectivity index (χ4v) is 3.84. The number of aromatic nitrogens is 1. The zero-order chi connectivity index (χ0) is 25.4. The molecular weight excluding hydrogens is 468 g/mol. The molecule has 0 amide bonds. The van der Waals surface area contributed by atoms with Crippen LogP contribution in [0.4, 0.5) is 0 Å². The molecule has 1 heterocycles. The van der Waals surface area contributed by atoms with Gasteiger partial charge in [0.15, 0.2) is 0 Å². The van der Waals surface area contributed by atoms with Crippen LogP contribution in [-0.4, -0.2) is 42.7 Å². The summed E-state index contributed by atoms with van der Waals surface area (Å²) in [5, 5.41) is 4.58. The number of aliphatic imine (C=N–C) groups is 1. The topological polar surface area (TPSA) is 111 Å². The van der Waals surface area contributed by atoms with E-state index in [-0.39, 0.29) is 24.5 Å². The van der Waals surface area contributed by atoms with E-state index in [4.69, 9.17) is 31.8 Å². The minimum atomic E-state index is -0.260. The Bertz CT molecular complexity index is 1220. The second kappa shape index (κ2) is 12.4. The van der Waals surface area contributed by atoms with Gasteiger partial charge in [-0.3, -0.25) is 4.79 Å². The molecule has 0 aliphatic heterocycles. The molecule has 0 aliphatic rings. The van der Waals surface area contributed by atoms with Gasteiger partial charge in [0.25, 0.3) is 0 Å². The molecule has 0 spiro atoms. The van der Waals surface area contributed by atoms with E-state index in [0.717, 1.165) is 28.5 Å². The van der Waals surface area contributed by atoms with Crippen LogP contribution in [0.2, 0.25) is 5.02 Å². The lowest BCUT2D eigenvalue weighted by Gasteiger charge is -2.13. The predicted octanol–water partition coefficient (Wildman–Crippen LogP) is 4.61. The molecule has 3 rings (SSSR count). The van der Waals surface area contributed by atoms with Crippen molar-refractivity contribution in [3.63, 3.8) is 0 Å². The standard InChI is InChI=1S/C26H31ClN4O4/c1-5-33-24(32)15-29-12-11-19-14-30-25-20(7-6-8-21(19)25)17(4)31-26(35-28)18-9-10-23(22(27)13-18)34-16(2)3/h6-10,13-14,16,29-30H,4-5,11-12,15,28H2,1-3H3/b31-26-. The molecule has 0 unspecified atom stereocenters. The first-order valence-corrected chi connectivity index (χ1v) is 11.8. The molecule has 2 aromatic carbocycles. The molecule has 1 aromatic heterocycles. The quantitative estimate of drug-likeness (QED) is 0.117. The number of hydrogen-bond acceptors (Lipinski definition) is 7. The van der Waals surface area contributed by atoms with Crippen molar-refractivity contribution < 1.29 is 19.1 Å². The summed E-state index contributed by atoms with van der Waals surface area (Å²) >= 11 is 6.36. The summed E-state index contributed by atoms with van der Waals surface area (Å²) in [5.41, 5.74) is 3.90. The fraction of sp³-hybridized carbons (Fsp3) is 0.308. The second-order valence-corrected chi connectivity index (χ2v) is 8.47. The maximum absolute atomic E-state index is 11.5. The number of nitrogens with one attached hydrogen (secondary N) is 2. The molecule has 0 aliphatic carbocycles. The van der Waals surface area contributed by atoms with E-state index >= 15 is 0 Å². The highest BCUT2D eigenvalue weighted by molar-refractivity contribution is 6.32. The molecule has 4 N–H and O–H groups in total. The molecule has 9 heteroatoms. The molecule has 35 heavy (non-hydrogen) atoms. The number of aromatic amines is 1. The molecule has 0 saturated heterocycles. The number of benzene rings is 2. The Morgan fingerprint density at radius 3 is 2.77 bits per heavy atom. The number of halogens is 1. The van der Waals surface area contributed by atoms with Crippen molar-refractivity contribution in [2.75, 3.05) is 19.7 Å². The molecule has 3 aromatic rings. The smallest absolute Gasteiger partial charge is 0.319 e. The number of nitrogens with zero attached hydrogens (tertiary/aromatic N) is 1. The van der Waals surface area contributed by atoms with Crippen molar-refractivity contribution >= 4 is 40.1 Å². The van der Waals surface area contributed by atoms with Crippen LogP contribution in [0.15, 0.2) is 54.2 Å². The Balaban J connectivity index is 1.77. The summed E-state index contributed by atoms with van der Waals surface area (Å²) in [6.45, 7) is 11.0. The van der Waals surface area contributed by atoms with Gasteiger partial charge in [0.05, 0.1) is 35.5 Å². The van der Waals surface area contributed by atoms with Crippen molar-refractivity contribution in [2.24, 2.45) is 10.9 Å². The van der Waals surface area contributed by atoms with Gasteiger partial charge in [-0.05, 0) is 57.5 Å². The zero-order valence-corrected chi connectivity index (χ0v) is 20.9. The van der Waals surface area contributed by atoms with E-state index in [1.54, 1.807) is 25.1 Å². The van der Waals surface area contributed by atoms with Crippen LogP contribution < -0.4 is 16.0 Å². The van der Waals surface area contributed by atoms with E-state index in [0.29, 0.717) is 35.2 Å². The molecule has 0 fully saturated rings. The number of nitrogens with two attached hydrogens (primary N) is 1. The molecule has 8 nitrogen and oxygen atoms in total. The van der Waals surface area contributed by atoms with Crippen molar-refractivity contribution in [2.45, 2.75) is 33.3 Å². The third kappa shape index (κ3) is 6.85. The van der Waals surface area contributed by atoms with Gasteiger partial charge in [-0.15, -0.1) is 0 Å². The number of carbonyl (C=O) groups is 1. The van der Waals surface area contributed by atoms with E-state index < -0.39 is 0 Å². The number of fused-ring (bicyclic) bond motifs is 1. The van der Waals surface area contributed by atoms with Crippen LogP contribution >= 0.6 is 11.6 Å². The second-order valence-electron chi connectivity index (χ2n) is 8.07. The van der Waals surface area contributed by atoms with E-state index in [1.807, 2.05) is 38.2 Å². The summed E-state index contributed by atoms with van der Waals surface area (Å²) in [6, 6.07) is 11.1. The van der Waals surface area contributed by atoms with Crippen LogP contribution in [0, 0.1) is 0 Å². The number of esters is 1. The van der Waals surface area contributed by atoms with Gasteiger partial charge >= 0.3 is 5.97 Å². The monoisotopic (exact) mass is 498 g/mol. The Labute approximate surface area is 210 Å². The Morgan fingerprint density at radius 1 is 1.29 bits per heavy atom. The molecule has 0 bridgehead atoms. The fourth-order valence-electron chi connectivity index (χ4n) is 3.61. The van der Waals surface area contributed by atoms with Crippen molar-refractivity contribution in [1.29, 1.82) is 0 Å². The minimum absolute atomic E-state index is 0.00320. The van der Waals surface area contributed by atoms with Gasteiger partial charge in [0, 0.05) is 22.7 Å². The average Bonchev–Trinajstić information content (AvgIpc) is 3.24. The van der Waals surface area contributed by atoms with Gasteiger partial charge in [0.1, 0.15) is 5.75 Å². The third-order valence-corrected chi connectivity index (χ3v) is 5.44. The normalized spacial score (nSPS) is 11.7.